The van der Waals surface area contributed by atoms with E-state index in [0.717, 1.165) is 24.9 Å². The van der Waals surface area contributed by atoms with Crippen LogP contribution in [0.15, 0.2) is 24.3 Å². The van der Waals surface area contributed by atoms with Gasteiger partial charge in [0.25, 0.3) is 0 Å². The second-order valence-corrected chi connectivity index (χ2v) is 4.17. The molecule has 0 radical (unpaired) electrons. The molecule has 3 heteroatoms. The van der Waals surface area contributed by atoms with E-state index in [9.17, 15) is 10.2 Å². The van der Waals surface area contributed by atoms with Gasteiger partial charge in [-0.25, -0.2) is 0 Å². The summed E-state index contributed by atoms with van der Waals surface area (Å²) in [5.74, 6) is 0.266. The van der Waals surface area contributed by atoms with E-state index in [1.165, 1.54) is 6.42 Å². The van der Waals surface area contributed by atoms with Gasteiger partial charge in [0.05, 0.1) is 12.1 Å². The summed E-state index contributed by atoms with van der Waals surface area (Å²) < 4.78 is 0. The summed E-state index contributed by atoms with van der Waals surface area (Å²) in [6, 6.07) is 7.10. The van der Waals surface area contributed by atoms with Crippen LogP contribution in [0.25, 0.3) is 0 Å². The van der Waals surface area contributed by atoms with E-state index in [4.69, 9.17) is 0 Å². The van der Waals surface area contributed by atoms with Crippen LogP contribution in [0, 0.1) is 0 Å². The molecule has 1 aromatic rings. The molecule has 1 aliphatic rings. The number of phenolic OH excluding ortho intramolecular Hbond substituents is 1. The van der Waals surface area contributed by atoms with Crippen LogP contribution < -0.4 is 5.32 Å². The SMILES string of the molecule is OCC1(c2ccc(O)cc2)CCCCN1. The third kappa shape index (κ3) is 1.98. The van der Waals surface area contributed by atoms with Gasteiger partial charge in [0.15, 0.2) is 0 Å². The average Bonchev–Trinajstić information content (AvgIpc) is 2.31. The molecule has 3 N–H and O–H groups in total. The molecule has 3 nitrogen and oxygen atoms in total. The maximum atomic E-state index is 9.54. The zero-order valence-electron chi connectivity index (χ0n) is 8.74. The fourth-order valence-corrected chi connectivity index (χ4v) is 2.22. The molecular formula is C12H17NO2. The number of hydrogen-bond acceptors (Lipinski definition) is 3. The van der Waals surface area contributed by atoms with Crippen molar-refractivity contribution in [3.8, 4) is 5.75 Å². The summed E-state index contributed by atoms with van der Waals surface area (Å²) in [6.07, 6.45) is 3.25. The Balaban J connectivity index is 2.28. The zero-order chi connectivity index (χ0) is 10.7. The van der Waals surface area contributed by atoms with Crippen molar-refractivity contribution in [2.24, 2.45) is 0 Å². The number of benzene rings is 1. The maximum Gasteiger partial charge on any atom is 0.115 e. The van der Waals surface area contributed by atoms with E-state index < -0.39 is 0 Å². The Hall–Kier alpha value is -1.06. The highest BCUT2D eigenvalue weighted by Gasteiger charge is 2.32. The van der Waals surface area contributed by atoms with E-state index in [2.05, 4.69) is 5.32 Å². The molecule has 1 aliphatic heterocycles. The molecule has 1 aromatic carbocycles. The lowest BCUT2D eigenvalue weighted by Gasteiger charge is -2.37. The van der Waals surface area contributed by atoms with E-state index in [1.807, 2.05) is 12.1 Å². The lowest BCUT2D eigenvalue weighted by molar-refractivity contribution is 0.131. The highest BCUT2D eigenvalue weighted by Crippen LogP contribution is 2.30. The monoisotopic (exact) mass is 207 g/mol. The van der Waals surface area contributed by atoms with Crippen LogP contribution in [0.3, 0.4) is 0 Å². The second kappa shape index (κ2) is 4.21. The average molecular weight is 207 g/mol. The molecule has 0 amide bonds. The summed E-state index contributed by atoms with van der Waals surface area (Å²) in [5, 5.41) is 22.2. The van der Waals surface area contributed by atoms with Gasteiger partial charge in [-0.2, -0.15) is 0 Å². The van der Waals surface area contributed by atoms with Crippen molar-refractivity contribution >= 4 is 0 Å². The Morgan fingerprint density at radius 3 is 2.47 bits per heavy atom. The number of piperidine rings is 1. The lowest BCUT2D eigenvalue weighted by atomic mass is 9.83. The topological polar surface area (TPSA) is 52.5 Å². The van der Waals surface area contributed by atoms with Crippen LogP contribution in [0.1, 0.15) is 24.8 Å². The largest absolute Gasteiger partial charge is 0.508 e. The third-order valence-electron chi connectivity index (χ3n) is 3.18. The van der Waals surface area contributed by atoms with Gasteiger partial charge in [-0.3, -0.25) is 0 Å². The standard InChI is InChI=1S/C12H17NO2/c14-9-12(7-1-2-8-13-12)10-3-5-11(15)6-4-10/h3-6,13-15H,1-2,7-9H2. The fraction of sp³-hybridized carbons (Fsp3) is 0.500. The highest BCUT2D eigenvalue weighted by atomic mass is 16.3. The molecular weight excluding hydrogens is 190 g/mol. The summed E-state index contributed by atoms with van der Waals surface area (Å²) in [7, 11) is 0. The van der Waals surface area contributed by atoms with Gasteiger partial charge in [0, 0.05) is 0 Å². The second-order valence-electron chi connectivity index (χ2n) is 4.17. The minimum Gasteiger partial charge on any atom is -0.508 e. The number of aliphatic hydroxyl groups is 1. The number of aromatic hydroxyl groups is 1. The lowest BCUT2D eigenvalue weighted by Crippen LogP contribution is -2.48. The molecule has 0 bridgehead atoms. The number of hydrogen-bond donors (Lipinski definition) is 3. The summed E-state index contributed by atoms with van der Waals surface area (Å²) in [5.41, 5.74) is 0.758. The first-order chi connectivity index (χ1) is 7.27. The number of rotatable bonds is 2. The van der Waals surface area contributed by atoms with Crippen LogP contribution in [0.4, 0.5) is 0 Å². The normalized spacial score (nSPS) is 26.5. The number of nitrogens with one attached hydrogen (secondary N) is 1. The van der Waals surface area contributed by atoms with Gasteiger partial charge in [-0.15, -0.1) is 0 Å². The first-order valence-electron chi connectivity index (χ1n) is 5.42. The van der Waals surface area contributed by atoms with Crippen LogP contribution in [-0.4, -0.2) is 23.4 Å². The molecule has 1 atom stereocenters. The van der Waals surface area contributed by atoms with Crippen molar-refractivity contribution in [3.05, 3.63) is 29.8 Å². The van der Waals surface area contributed by atoms with Crippen LogP contribution in [0.2, 0.25) is 0 Å². The molecule has 82 valence electrons. The fourth-order valence-electron chi connectivity index (χ4n) is 2.22. The van der Waals surface area contributed by atoms with E-state index in [-0.39, 0.29) is 17.9 Å². The minimum absolute atomic E-state index is 0.109. The van der Waals surface area contributed by atoms with Crippen molar-refractivity contribution in [2.45, 2.75) is 24.8 Å². The molecule has 1 saturated heterocycles. The maximum absolute atomic E-state index is 9.54. The molecule has 1 unspecified atom stereocenters. The predicted octanol–water partition coefficient (Wildman–Crippen LogP) is 1.35. The van der Waals surface area contributed by atoms with Gasteiger partial charge in [-0.05, 0) is 43.5 Å². The molecule has 2 rings (SSSR count). The quantitative estimate of drug-likeness (QED) is 0.686. The highest BCUT2D eigenvalue weighted by molar-refractivity contribution is 5.31. The van der Waals surface area contributed by atoms with Crippen molar-refractivity contribution < 1.29 is 10.2 Å². The Morgan fingerprint density at radius 2 is 1.93 bits per heavy atom. The van der Waals surface area contributed by atoms with Crippen molar-refractivity contribution in [1.29, 1.82) is 0 Å². The van der Waals surface area contributed by atoms with E-state index >= 15 is 0 Å². The smallest absolute Gasteiger partial charge is 0.115 e. The van der Waals surface area contributed by atoms with Crippen molar-refractivity contribution in [1.82, 2.24) is 5.32 Å². The molecule has 0 spiro atoms. The summed E-state index contributed by atoms with van der Waals surface area (Å²) in [4.78, 5) is 0. The first-order valence-corrected chi connectivity index (χ1v) is 5.42. The van der Waals surface area contributed by atoms with Gasteiger partial charge in [-0.1, -0.05) is 12.1 Å². The zero-order valence-corrected chi connectivity index (χ0v) is 8.74. The molecule has 0 saturated carbocycles. The van der Waals surface area contributed by atoms with E-state index in [0.29, 0.717) is 0 Å². The molecule has 1 heterocycles. The summed E-state index contributed by atoms with van der Waals surface area (Å²) >= 11 is 0. The van der Waals surface area contributed by atoms with Gasteiger partial charge in [0.1, 0.15) is 5.75 Å². The van der Waals surface area contributed by atoms with Gasteiger partial charge >= 0.3 is 0 Å². The Morgan fingerprint density at radius 1 is 1.20 bits per heavy atom. The third-order valence-corrected chi connectivity index (χ3v) is 3.18. The van der Waals surface area contributed by atoms with Crippen molar-refractivity contribution in [2.75, 3.05) is 13.2 Å². The minimum atomic E-state index is -0.300. The van der Waals surface area contributed by atoms with Crippen LogP contribution in [-0.2, 0) is 5.54 Å². The summed E-state index contributed by atoms with van der Waals surface area (Å²) in [6.45, 7) is 1.05. The molecule has 0 aliphatic carbocycles. The Labute approximate surface area is 89.8 Å². The first kappa shape index (κ1) is 10.5. The number of phenols is 1. The van der Waals surface area contributed by atoms with Gasteiger partial charge in [0.2, 0.25) is 0 Å². The predicted molar refractivity (Wildman–Crippen MR) is 58.7 cm³/mol. The van der Waals surface area contributed by atoms with Crippen molar-refractivity contribution in [3.63, 3.8) is 0 Å². The molecule has 0 aromatic heterocycles. The Kier molecular flexibility index (Phi) is 2.93. The van der Waals surface area contributed by atoms with E-state index in [1.54, 1.807) is 12.1 Å². The Bertz CT molecular complexity index is 315. The van der Waals surface area contributed by atoms with Gasteiger partial charge < -0.3 is 15.5 Å². The van der Waals surface area contributed by atoms with Crippen LogP contribution >= 0.6 is 0 Å². The molecule has 1 fully saturated rings. The van der Waals surface area contributed by atoms with Crippen LogP contribution in [0.5, 0.6) is 5.75 Å². The number of aliphatic hydroxyl groups excluding tert-OH is 1. The molecule has 15 heavy (non-hydrogen) atoms.